The van der Waals surface area contributed by atoms with Crippen LogP contribution in [0.5, 0.6) is 5.75 Å². The molecular weight excluding hydrogens is 312 g/mol. The largest absolute Gasteiger partial charge is 0.491 e. The van der Waals surface area contributed by atoms with E-state index >= 15 is 0 Å². The SMILES string of the molecule is C[n+]1cn(CC(O)COc2ccc3ccccc3c2)c2ccccc21. The highest BCUT2D eigenvalue weighted by Gasteiger charge is 2.16. The Kier molecular flexibility index (Phi) is 4.12. The molecule has 4 heteroatoms. The number of imidazole rings is 1. The van der Waals surface area contributed by atoms with E-state index in [2.05, 4.69) is 33.4 Å². The molecule has 0 radical (unpaired) electrons. The number of para-hydroxylation sites is 2. The minimum atomic E-state index is -0.581. The highest BCUT2D eigenvalue weighted by atomic mass is 16.5. The Bertz CT molecular complexity index is 1020. The van der Waals surface area contributed by atoms with E-state index in [1.165, 1.54) is 5.39 Å². The van der Waals surface area contributed by atoms with Gasteiger partial charge >= 0.3 is 0 Å². The van der Waals surface area contributed by atoms with Gasteiger partial charge in [0.15, 0.2) is 11.0 Å². The van der Waals surface area contributed by atoms with Crippen LogP contribution < -0.4 is 9.30 Å². The Morgan fingerprint density at radius 3 is 2.64 bits per heavy atom. The molecule has 0 bridgehead atoms. The Labute approximate surface area is 146 Å². The predicted octanol–water partition coefficient (Wildman–Crippen LogP) is 3.06. The minimum Gasteiger partial charge on any atom is -0.491 e. The summed E-state index contributed by atoms with van der Waals surface area (Å²) in [5.41, 5.74) is 2.25. The lowest BCUT2D eigenvalue weighted by molar-refractivity contribution is -0.645. The van der Waals surface area contributed by atoms with Gasteiger partial charge in [0.05, 0.1) is 7.05 Å². The fraction of sp³-hybridized carbons (Fsp3) is 0.190. The van der Waals surface area contributed by atoms with Crippen molar-refractivity contribution in [3.05, 3.63) is 73.1 Å². The standard InChI is InChI=1S/C21H21N2O2/c1-22-15-23(21-9-5-4-8-20(21)22)13-18(24)14-25-19-11-10-16-6-2-3-7-17(16)12-19/h2-12,15,18,24H,13-14H2,1H3/q+1. The van der Waals surface area contributed by atoms with Crippen molar-refractivity contribution in [1.82, 2.24) is 4.57 Å². The molecule has 25 heavy (non-hydrogen) atoms. The smallest absolute Gasteiger partial charge is 0.244 e. The van der Waals surface area contributed by atoms with Gasteiger partial charge in [-0.25, -0.2) is 9.13 Å². The third-order valence-corrected chi connectivity index (χ3v) is 4.45. The van der Waals surface area contributed by atoms with E-state index in [0.717, 1.165) is 22.2 Å². The van der Waals surface area contributed by atoms with Crippen molar-refractivity contribution in [3.8, 4) is 5.75 Å². The third kappa shape index (κ3) is 3.21. The molecule has 126 valence electrons. The molecule has 0 saturated heterocycles. The van der Waals surface area contributed by atoms with Crippen molar-refractivity contribution in [2.75, 3.05) is 6.61 Å². The van der Waals surface area contributed by atoms with Gasteiger partial charge in [-0.3, -0.25) is 0 Å². The number of aliphatic hydroxyl groups is 1. The van der Waals surface area contributed by atoms with Gasteiger partial charge in [0, 0.05) is 0 Å². The quantitative estimate of drug-likeness (QED) is 0.570. The number of hydrogen-bond donors (Lipinski definition) is 1. The van der Waals surface area contributed by atoms with E-state index in [0.29, 0.717) is 6.54 Å². The maximum Gasteiger partial charge on any atom is 0.244 e. The summed E-state index contributed by atoms with van der Waals surface area (Å²) < 4.78 is 9.92. The monoisotopic (exact) mass is 333 g/mol. The number of aromatic nitrogens is 2. The first-order valence-electron chi connectivity index (χ1n) is 8.44. The summed E-state index contributed by atoms with van der Waals surface area (Å²) in [6.07, 6.45) is 1.42. The van der Waals surface area contributed by atoms with Crippen molar-refractivity contribution in [2.24, 2.45) is 7.05 Å². The third-order valence-electron chi connectivity index (χ3n) is 4.45. The molecule has 1 heterocycles. The van der Waals surface area contributed by atoms with Crippen molar-refractivity contribution >= 4 is 21.8 Å². The van der Waals surface area contributed by atoms with Gasteiger partial charge in [0.2, 0.25) is 6.33 Å². The van der Waals surface area contributed by atoms with Gasteiger partial charge in [-0.1, -0.05) is 42.5 Å². The maximum absolute atomic E-state index is 10.4. The number of aliphatic hydroxyl groups excluding tert-OH is 1. The first kappa shape index (κ1) is 15.7. The average molecular weight is 333 g/mol. The summed E-state index contributed by atoms with van der Waals surface area (Å²) >= 11 is 0. The highest BCUT2D eigenvalue weighted by molar-refractivity contribution is 5.83. The lowest BCUT2D eigenvalue weighted by Crippen LogP contribution is -2.27. The van der Waals surface area contributed by atoms with Crippen LogP contribution in [0.4, 0.5) is 0 Å². The molecule has 0 aliphatic carbocycles. The van der Waals surface area contributed by atoms with Crippen LogP contribution in [0.2, 0.25) is 0 Å². The predicted molar refractivity (Wildman–Crippen MR) is 98.6 cm³/mol. The van der Waals surface area contributed by atoms with Crippen LogP contribution in [0.15, 0.2) is 73.1 Å². The summed E-state index contributed by atoms with van der Waals surface area (Å²) in [6, 6.07) is 22.3. The Morgan fingerprint density at radius 1 is 1.00 bits per heavy atom. The van der Waals surface area contributed by atoms with Crippen LogP contribution in [0.3, 0.4) is 0 Å². The van der Waals surface area contributed by atoms with E-state index in [9.17, 15) is 5.11 Å². The Morgan fingerprint density at radius 2 is 1.76 bits per heavy atom. The summed E-state index contributed by atoms with van der Waals surface area (Å²) in [5.74, 6) is 0.778. The molecule has 0 fully saturated rings. The molecule has 4 nitrogen and oxygen atoms in total. The van der Waals surface area contributed by atoms with Gasteiger partial charge in [0.1, 0.15) is 25.0 Å². The molecule has 1 N–H and O–H groups in total. The molecule has 1 atom stereocenters. The average Bonchev–Trinajstić information content (AvgIpc) is 2.96. The minimum absolute atomic E-state index is 0.258. The van der Waals surface area contributed by atoms with E-state index in [1.54, 1.807) is 0 Å². The second-order valence-corrected chi connectivity index (χ2v) is 6.34. The number of nitrogens with zero attached hydrogens (tertiary/aromatic N) is 2. The van der Waals surface area contributed by atoms with Crippen LogP contribution in [0.1, 0.15) is 0 Å². The number of fused-ring (bicyclic) bond motifs is 2. The first-order chi connectivity index (χ1) is 12.2. The van der Waals surface area contributed by atoms with Gasteiger partial charge in [0.25, 0.3) is 0 Å². The Hall–Kier alpha value is -2.85. The van der Waals surface area contributed by atoms with E-state index in [1.807, 2.05) is 55.8 Å². The second kappa shape index (κ2) is 6.57. The fourth-order valence-corrected chi connectivity index (χ4v) is 3.21. The van der Waals surface area contributed by atoms with Crippen molar-refractivity contribution in [1.29, 1.82) is 0 Å². The number of rotatable bonds is 5. The zero-order valence-corrected chi connectivity index (χ0v) is 14.2. The molecule has 3 aromatic carbocycles. The molecule has 0 amide bonds. The van der Waals surface area contributed by atoms with Gasteiger partial charge < -0.3 is 9.84 Å². The van der Waals surface area contributed by atoms with Gasteiger partial charge in [-0.05, 0) is 35.0 Å². The normalized spacial score (nSPS) is 12.6. The van der Waals surface area contributed by atoms with E-state index in [-0.39, 0.29) is 6.61 Å². The van der Waals surface area contributed by atoms with Crippen LogP contribution in [-0.2, 0) is 13.6 Å². The lowest BCUT2D eigenvalue weighted by atomic mass is 10.1. The van der Waals surface area contributed by atoms with Crippen LogP contribution in [-0.4, -0.2) is 22.4 Å². The molecule has 0 spiro atoms. The second-order valence-electron chi connectivity index (χ2n) is 6.34. The van der Waals surface area contributed by atoms with Crippen molar-refractivity contribution in [3.63, 3.8) is 0 Å². The Balaban J connectivity index is 1.45. The van der Waals surface area contributed by atoms with Crippen LogP contribution in [0.25, 0.3) is 21.8 Å². The number of hydrogen-bond acceptors (Lipinski definition) is 2. The summed E-state index contributed by atoms with van der Waals surface area (Å²) in [4.78, 5) is 0. The molecule has 1 unspecified atom stereocenters. The van der Waals surface area contributed by atoms with Crippen LogP contribution in [0, 0.1) is 0 Å². The van der Waals surface area contributed by atoms with Gasteiger partial charge in [-0.15, -0.1) is 0 Å². The fourth-order valence-electron chi connectivity index (χ4n) is 3.21. The lowest BCUT2D eigenvalue weighted by Gasteiger charge is -2.11. The highest BCUT2D eigenvalue weighted by Crippen LogP contribution is 2.20. The van der Waals surface area contributed by atoms with Crippen LogP contribution >= 0.6 is 0 Å². The molecule has 0 saturated carbocycles. The molecule has 1 aromatic heterocycles. The molecule has 0 aliphatic rings. The summed E-state index contributed by atoms with van der Waals surface area (Å²) in [6.45, 7) is 0.753. The number of ether oxygens (including phenoxy) is 1. The molecule has 0 aliphatic heterocycles. The molecule has 4 aromatic rings. The summed E-state index contributed by atoms with van der Waals surface area (Å²) in [7, 11) is 2.01. The van der Waals surface area contributed by atoms with E-state index in [4.69, 9.17) is 4.74 Å². The van der Waals surface area contributed by atoms with E-state index < -0.39 is 6.10 Å². The number of benzene rings is 3. The molecule has 4 rings (SSSR count). The first-order valence-corrected chi connectivity index (χ1v) is 8.44. The number of aryl methyl sites for hydroxylation is 1. The van der Waals surface area contributed by atoms with Crippen molar-refractivity contribution in [2.45, 2.75) is 12.6 Å². The zero-order valence-electron chi connectivity index (χ0n) is 14.2. The van der Waals surface area contributed by atoms with Crippen molar-refractivity contribution < 1.29 is 14.4 Å². The summed E-state index contributed by atoms with van der Waals surface area (Å²) in [5, 5.41) is 12.7. The zero-order chi connectivity index (χ0) is 17.2. The topological polar surface area (TPSA) is 38.3 Å². The van der Waals surface area contributed by atoms with Gasteiger partial charge in [-0.2, -0.15) is 0 Å². The maximum atomic E-state index is 10.4. The molecular formula is C21H21N2O2+.